The van der Waals surface area contributed by atoms with Gasteiger partial charge in [0.1, 0.15) is 0 Å². The van der Waals surface area contributed by atoms with Crippen LogP contribution in [-0.4, -0.2) is 18.3 Å². The van der Waals surface area contributed by atoms with E-state index in [2.05, 4.69) is 29.6 Å². The van der Waals surface area contributed by atoms with Gasteiger partial charge < -0.3 is 10.4 Å². The molecule has 2 heteroatoms. The van der Waals surface area contributed by atoms with Gasteiger partial charge in [0.2, 0.25) is 0 Å². The number of hydrogen-bond acceptors (Lipinski definition) is 2. The Morgan fingerprint density at radius 1 is 1.38 bits per heavy atom. The molecule has 1 aromatic rings. The van der Waals surface area contributed by atoms with Crippen molar-refractivity contribution in [2.24, 2.45) is 5.92 Å². The van der Waals surface area contributed by atoms with Gasteiger partial charge in [-0.15, -0.1) is 0 Å². The van der Waals surface area contributed by atoms with E-state index in [4.69, 9.17) is 5.11 Å². The van der Waals surface area contributed by atoms with Gasteiger partial charge in [-0.2, -0.15) is 0 Å². The fraction of sp³-hybridized carbons (Fsp3) is 0.455. The SMILES string of the molecule is OCCC1CNc2ccccc2C1. The van der Waals surface area contributed by atoms with Gasteiger partial charge in [-0.1, -0.05) is 18.2 Å². The summed E-state index contributed by atoms with van der Waals surface area (Å²) in [5.41, 5.74) is 2.64. The first kappa shape index (κ1) is 8.57. The molecular weight excluding hydrogens is 162 g/mol. The van der Waals surface area contributed by atoms with Crippen LogP contribution in [0, 0.1) is 5.92 Å². The average Bonchev–Trinajstić information content (AvgIpc) is 2.18. The Kier molecular flexibility index (Phi) is 2.50. The van der Waals surface area contributed by atoms with E-state index in [1.165, 1.54) is 11.3 Å². The Balaban J connectivity index is 2.11. The Morgan fingerprint density at radius 2 is 2.23 bits per heavy atom. The molecule has 0 bridgehead atoms. The zero-order valence-corrected chi connectivity index (χ0v) is 7.66. The van der Waals surface area contributed by atoms with Crippen molar-refractivity contribution in [3.05, 3.63) is 29.8 Å². The molecule has 0 saturated heterocycles. The molecule has 0 radical (unpaired) electrons. The van der Waals surface area contributed by atoms with Crippen LogP contribution in [-0.2, 0) is 6.42 Å². The van der Waals surface area contributed by atoms with Gasteiger partial charge >= 0.3 is 0 Å². The van der Waals surface area contributed by atoms with Crippen LogP contribution < -0.4 is 5.32 Å². The topological polar surface area (TPSA) is 32.3 Å². The van der Waals surface area contributed by atoms with Crippen LogP contribution in [0.2, 0.25) is 0 Å². The minimum Gasteiger partial charge on any atom is -0.396 e. The molecule has 2 nitrogen and oxygen atoms in total. The first-order valence-electron chi connectivity index (χ1n) is 4.83. The number of aliphatic hydroxyl groups excluding tert-OH is 1. The van der Waals surface area contributed by atoms with Crippen LogP contribution >= 0.6 is 0 Å². The number of rotatable bonds is 2. The number of para-hydroxylation sites is 1. The number of nitrogens with one attached hydrogen (secondary N) is 1. The summed E-state index contributed by atoms with van der Waals surface area (Å²) in [4.78, 5) is 0. The van der Waals surface area contributed by atoms with Crippen LogP contribution in [0.5, 0.6) is 0 Å². The molecule has 1 aliphatic heterocycles. The lowest BCUT2D eigenvalue weighted by Crippen LogP contribution is -2.23. The van der Waals surface area contributed by atoms with Crippen molar-refractivity contribution < 1.29 is 5.11 Å². The van der Waals surface area contributed by atoms with Gasteiger partial charge in [0.05, 0.1) is 0 Å². The third-order valence-electron chi connectivity index (χ3n) is 2.64. The Morgan fingerprint density at radius 3 is 3.08 bits per heavy atom. The van der Waals surface area contributed by atoms with E-state index in [1.807, 2.05) is 0 Å². The van der Waals surface area contributed by atoms with Crippen molar-refractivity contribution in [2.45, 2.75) is 12.8 Å². The predicted molar refractivity (Wildman–Crippen MR) is 53.8 cm³/mol. The van der Waals surface area contributed by atoms with Gasteiger partial charge in [-0.25, -0.2) is 0 Å². The Hall–Kier alpha value is -1.02. The number of fused-ring (bicyclic) bond motifs is 1. The monoisotopic (exact) mass is 177 g/mol. The second kappa shape index (κ2) is 3.79. The summed E-state index contributed by atoms with van der Waals surface area (Å²) in [5.74, 6) is 0.597. The highest BCUT2D eigenvalue weighted by atomic mass is 16.3. The van der Waals surface area contributed by atoms with Gasteiger partial charge in [0.25, 0.3) is 0 Å². The van der Waals surface area contributed by atoms with Gasteiger partial charge in [0, 0.05) is 18.8 Å². The van der Waals surface area contributed by atoms with E-state index >= 15 is 0 Å². The summed E-state index contributed by atoms with van der Waals surface area (Å²) in [7, 11) is 0. The smallest absolute Gasteiger partial charge is 0.0434 e. The average molecular weight is 177 g/mol. The van der Waals surface area contributed by atoms with Crippen molar-refractivity contribution >= 4 is 5.69 Å². The van der Waals surface area contributed by atoms with Crippen LogP contribution in [0.4, 0.5) is 5.69 Å². The highest BCUT2D eigenvalue weighted by Crippen LogP contribution is 2.25. The van der Waals surface area contributed by atoms with E-state index in [-0.39, 0.29) is 0 Å². The third kappa shape index (κ3) is 1.83. The minimum atomic E-state index is 0.300. The van der Waals surface area contributed by atoms with Crippen molar-refractivity contribution in [1.29, 1.82) is 0 Å². The molecule has 13 heavy (non-hydrogen) atoms. The van der Waals surface area contributed by atoms with Crippen molar-refractivity contribution in [3.8, 4) is 0 Å². The van der Waals surface area contributed by atoms with Crippen molar-refractivity contribution in [3.63, 3.8) is 0 Å². The highest BCUT2D eigenvalue weighted by molar-refractivity contribution is 5.53. The van der Waals surface area contributed by atoms with Crippen molar-refractivity contribution in [2.75, 3.05) is 18.5 Å². The Bertz CT molecular complexity index is 285. The number of aliphatic hydroxyl groups is 1. The zero-order chi connectivity index (χ0) is 9.10. The van der Waals surface area contributed by atoms with E-state index in [9.17, 15) is 0 Å². The zero-order valence-electron chi connectivity index (χ0n) is 7.66. The summed E-state index contributed by atoms with van der Waals surface area (Å²) >= 11 is 0. The quantitative estimate of drug-likeness (QED) is 0.720. The lowest BCUT2D eigenvalue weighted by molar-refractivity contribution is 0.258. The fourth-order valence-electron chi connectivity index (χ4n) is 1.89. The summed E-state index contributed by atoms with van der Waals surface area (Å²) in [5, 5.41) is 12.2. The lowest BCUT2D eigenvalue weighted by atomic mass is 9.92. The normalized spacial score (nSPS) is 20.5. The van der Waals surface area contributed by atoms with E-state index in [0.717, 1.165) is 19.4 Å². The number of hydrogen-bond donors (Lipinski definition) is 2. The molecule has 0 aliphatic carbocycles. The second-order valence-corrected chi connectivity index (χ2v) is 3.62. The molecule has 2 N–H and O–H groups in total. The molecule has 0 fully saturated rings. The van der Waals surface area contributed by atoms with Crippen LogP contribution in [0.1, 0.15) is 12.0 Å². The van der Waals surface area contributed by atoms with Crippen LogP contribution in [0.15, 0.2) is 24.3 Å². The Labute approximate surface area is 78.6 Å². The van der Waals surface area contributed by atoms with Crippen LogP contribution in [0.25, 0.3) is 0 Å². The molecule has 2 rings (SSSR count). The standard InChI is InChI=1S/C11H15NO/c13-6-5-9-7-10-3-1-2-4-11(10)12-8-9/h1-4,9,12-13H,5-8H2. The molecule has 1 aromatic carbocycles. The molecule has 1 atom stereocenters. The predicted octanol–water partition coefficient (Wildman–Crippen LogP) is 1.65. The number of benzene rings is 1. The lowest BCUT2D eigenvalue weighted by Gasteiger charge is -2.25. The molecule has 1 heterocycles. The van der Waals surface area contributed by atoms with Gasteiger partial charge in [-0.3, -0.25) is 0 Å². The van der Waals surface area contributed by atoms with Crippen LogP contribution in [0.3, 0.4) is 0 Å². The van der Waals surface area contributed by atoms with E-state index in [1.54, 1.807) is 0 Å². The largest absolute Gasteiger partial charge is 0.396 e. The highest BCUT2D eigenvalue weighted by Gasteiger charge is 2.16. The number of anilines is 1. The maximum atomic E-state index is 8.84. The summed E-state index contributed by atoms with van der Waals surface area (Å²) in [6, 6.07) is 8.40. The minimum absolute atomic E-state index is 0.300. The molecule has 0 aromatic heterocycles. The first-order valence-corrected chi connectivity index (χ1v) is 4.83. The molecule has 1 aliphatic rings. The fourth-order valence-corrected chi connectivity index (χ4v) is 1.89. The van der Waals surface area contributed by atoms with E-state index in [0.29, 0.717) is 12.5 Å². The second-order valence-electron chi connectivity index (χ2n) is 3.62. The van der Waals surface area contributed by atoms with Gasteiger partial charge in [-0.05, 0) is 30.4 Å². The maximum absolute atomic E-state index is 8.84. The maximum Gasteiger partial charge on any atom is 0.0434 e. The molecule has 1 unspecified atom stereocenters. The summed E-state index contributed by atoms with van der Waals surface area (Å²) in [6.45, 7) is 1.30. The molecule has 0 spiro atoms. The summed E-state index contributed by atoms with van der Waals surface area (Å²) < 4.78 is 0. The molecule has 0 amide bonds. The van der Waals surface area contributed by atoms with E-state index < -0.39 is 0 Å². The molecular formula is C11H15NO. The first-order chi connectivity index (χ1) is 6.40. The van der Waals surface area contributed by atoms with Gasteiger partial charge in [0.15, 0.2) is 0 Å². The van der Waals surface area contributed by atoms with Crippen molar-refractivity contribution in [1.82, 2.24) is 0 Å². The third-order valence-corrected chi connectivity index (χ3v) is 2.64. The summed E-state index contributed by atoms with van der Waals surface area (Å²) in [6.07, 6.45) is 2.01. The molecule has 70 valence electrons. The molecule has 0 saturated carbocycles.